The van der Waals surface area contributed by atoms with Gasteiger partial charge in [0.1, 0.15) is 0 Å². The summed E-state index contributed by atoms with van der Waals surface area (Å²) in [7, 11) is 0. The topological polar surface area (TPSA) is 88.0 Å². The van der Waals surface area contributed by atoms with Gasteiger partial charge in [0.2, 0.25) is 0 Å². The molecule has 0 amide bonds. The van der Waals surface area contributed by atoms with Crippen molar-refractivity contribution in [3.8, 4) is 0 Å². The van der Waals surface area contributed by atoms with Crippen LogP contribution in [0.1, 0.15) is 5.56 Å². The van der Waals surface area contributed by atoms with Gasteiger partial charge < -0.3 is 0 Å². The third kappa shape index (κ3) is 3.53. The van der Waals surface area contributed by atoms with Crippen molar-refractivity contribution in [3.63, 3.8) is 0 Å². The average molecular weight is 269 g/mol. The molecule has 0 saturated carbocycles. The van der Waals surface area contributed by atoms with Gasteiger partial charge in [-0.15, -0.1) is 0 Å². The maximum atomic E-state index is 10.9. The van der Waals surface area contributed by atoms with Gasteiger partial charge in [0.05, 0.1) is 0 Å². The molecule has 6 heteroatoms. The van der Waals surface area contributed by atoms with Gasteiger partial charge in [0.25, 0.3) is 0 Å². The van der Waals surface area contributed by atoms with Crippen LogP contribution in [0.3, 0.4) is 0 Å². The Morgan fingerprint density at radius 3 is 2.33 bits per heavy atom. The van der Waals surface area contributed by atoms with Crippen LogP contribution in [0.15, 0.2) is 40.5 Å². The SMILES string of the molecule is N/C([Se])=N\N=C(/C(=O)O)c1ccccc1. The van der Waals surface area contributed by atoms with Crippen molar-refractivity contribution in [1.82, 2.24) is 0 Å². The number of amidine groups is 1. The van der Waals surface area contributed by atoms with Crippen LogP contribution < -0.4 is 5.73 Å². The molecule has 0 fully saturated rings. The van der Waals surface area contributed by atoms with Crippen molar-refractivity contribution in [2.75, 3.05) is 0 Å². The summed E-state index contributed by atoms with van der Waals surface area (Å²) >= 11 is 2.41. The number of hydrogen-bond acceptors (Lipinski definition) is 3. The number of benzene rings is 1. The van der Waals surface area contributed by atoms with E-state index in [1.807, 2.05) is 0 Å². The third-order valence-electron chi connectivity index (χ3n) is 1.50. The Bertz CT molecular complexity index is 411. The van der Waals surface area contributed by atoms with Gasteiger partial charge in [-0.25, -0.2) is 0 Å². The molecule has 1 aromatic carbocycles. The van der Waals surface area contributed by atoms with Crippen LogP contribution in [0, 0.1) is 0 Å². The van der Waals surface area contributed by atoms with Gasteiger partial charge in [-0.2, -0.15) is 0 Å². The summed E-state index contributed by atoms with van der Waals surface area (Å²) in [5.41, 5.74) is 5.55. The molecule has 0 heterocycles. The number of carboxylic acids is 1. The van der Waals surface area contributed by atoms with Gasteiger partial charge in [0.15, 0.2) is 0 Å². The van der Waals surface area contributed by atoms with Gasteiger partial charge in [-0.05, 0) is 0 Å². The number of rotatable bonds is 3. The fourth-order valence-corrected chi connectivity index (χ4v) is 1.00. The predicted octanol–water partition coefficient (Wildman–Crippen LogP) is -0.0415. The summed E-state index contributed by atoms with van der Waals surface area (Å²) in [6.45, 7) is 0. The van der Waals surface area contributed by atoms with E-state index in [1.54, 1.807) is 30.3 Å². The van der Waals surface area contributed by atoms with Gasteiger partial charge in [0, 0.05) is 0 Å². The van der Waals surface area contributed by atoms with Crippen LogP contribution in [0.4, 0.5) is 0 Å². The van der Waals surface area contributed by atoms with Crippen molar-refractivity contribution < 1.29 is 9.90 Å². The van der Waals surface area contributed by atoms with Gasteiger partial charge >= 0.3 is 94.2 Å². The van der Waals surface area contributed by atoms with Crippen LogP contribution in [0.5, 0.6) is 0 Å². The summed E-state index contributed by atoms with van der Waals surface area (Å²) in [4.78, 5) is 10.9. The van der Waals surface area contributed by atoms with E-state index in [9.17, 15) is 4.79 Å². The van der Waals surface area contributed by atoms with E-state index in [0.717, 1.165) is 0 Å². The Balaban J connectivity index is 3.10. The quantitative estimate of drug-likeness (QED) is 0.349. The minimum atomic E-state index is -1.15. The summed E-state index contributed by atoms with van der Waals surface area (Å²) in [5.74, 6) is -1.15. The zero-order valence-electron chi connectivity index (χ0n) is 7.62. The number of carboxylic acid groups (broad SMARTS) is 1. The van der Waals surface area contributed by atoms with E-state index >= 15 is 0 Å². The summed E-state index contributed by atoms with van der Waals surface area (Å²) in [6, 6.07) is 8.50. The zero-order chi connectivity index (χ0) is 11.3. The number of aliphatic carboxylic acids is 1. The Morgan fingerprint density at radius 1 is 1.27 bits per heavy atom. The fourth-order valence-electron chi connectivity index (χ4n) is 0.919. The maximum absolute atomic E-state index is 10.9. The van der Waals surface area contributed by atoms with E-state index in [4.69, 9.17) is 10.8 Å². The molecule has 0 spiro atoms. The molecule has 1 radical (unpaired) electrons. The molecule has 77 valence electrons. The second-order valence-electron chi connectivity index (χ2n) is 2.56. The number of nitrogens with two attached hydrogens (primary N) is 1. The Labute approximate surface area is 94.5 Å². The second-order valence-corrected chi connectivity index (χ2v) is 3.44. The number of carbonyl (C=O) groups is 1. The molecule has 15 heavy (non-hydrogen) atoms. The zero-order valence-corrected chi connectivity index (χ0v) is 9.34. The molecule has 0 aliphatic carbocycles. The first-order chi connectivity index (χ1) is 7.11. The van der Waals surface area contributed by atoms with E-state index in [0.29, 0.717) is 5.56 Å². The van der Waals surface area contributed by atoms with Gasteiger partial charge in [-0.3, -0.25) is 0 Å². The van der Waals surface area contributed by atoms with Crippen molar-refractivity contribution in [2.45, 2.75) is 0 Å². The van der Waals surface area contributed by atoms with Gasteiger partial charge in [-0.1, -0.05) is 0 Å². The Kier molecular flexibility index (Phi) is 4.03. The molecule has 1 rings (SSSR count). The van der Waals surface area contributed by atoms with Crippen LogP contribution in [-0.4, -0.2) is 37.5 Å². The van der Waals surface area contributed by atoms with E-state index < -0.39 is 5.97 Å². The van der Waals surface area contributed by atoms with Crippen molar-refractivity contribution in [2.24, 2.45) is 15.9 Å². The molecule has 0 bridgehead atoms. The van der Waals surface area contributed by atoms with Crippen molar-refractivity contribution in [3.05, 3.63) is 35.9 Å². The normalized spacial score (nSPS) is 12.5. The average Bonchev–Trinajstić information content (AvgIpc) is 2.18. The second kappa shape index (κ2) is 5.28. The first kappa shape index (κ1) is 11.4. The third-order valence-corrected chi connectivity index (χ3v) is 1.67. The standard InChI is InChI=1S/C9H8N3O2Se/c10-9(15)12-11-7(8(13)14)6-4-2-1-3-5-6/h1-5H,(H2,10,12)(H,13,14)/b11-7-. The van der Waals surface area contributed by atoms with E-state index in [2.05, 4.69) is 26.2 Å². The predicted molar refractivity (Wildman–Crippen MR) is 58.0 cm³/mol. The molecule has 0 unspecified atom stereocenters. The molecule has 0 aromatic heterocycles. The van der Waals surface area contributed by atoms with Crippen LogP contribution >= 0.6 is 0 Å². The molecule has 5 nitrogen and oxygen atoms in total. The first-order valence-corrected chi connectivity index (χ1v) is 4.83. The first-order valence-electron chi connectivity index (χ1n) is 3.98. The molecule has 0 saturated heterocycles. The monoisotopic (exact) mass is 270 g/mol. The minimum absolute atomic E-state index is 0.0877. The molecule has 1 aromatic rings. The molecular formula is C9H8N3O2Se. The van der Waals surface area contributed by atoms with E-state index in [1.165, 1.54) is 0 Å². The summed E-state index contributed by atoms with van der Waals surface area (Å²) in [6.07, 6.45) is 0. The van der Waals surface area contributed by atoms with Crippen LogP contribution in [0.25, 0.3) is 0 Å². The summed E-state index contributed by atoms with van der Waals surface area (Å²) in [5, 5.41) is 15.9. The van der Waals surface area contributed by atoms with Crippen LogP contribution in [-0.2, 0) is 4.79 Å². The van der Waals surface area contributed by atoms with Crippen LogP contribution in [0.2, 0.25) is 0 Å². The van der Waals surface area contributed by atoms with E-state index in [-0.39, 0.29) is 10.4 Å². The Hall–Kier alpha value is -1.65. The molecule has 3 N–H and O–H groups in total. The summed E-state index contributed by atoms with van der Waals surface area (Å²) < 4.78 is 0.0877. The molecule has 0 atom stereocenters. The van der Waals surface area contributed by atoms with Crippen molar-refractivity contribution in [1.29, 1.82) is 0 Å². The number of nitrogens with zero attached hydrogens (tertiary/aromatic N) is 2. The molecular weight excluding hydrogens is 261 g/mol. The molecule has 0 aliphatic rings. The number of hydrogen-bond donors (Lipinski definition) is 2. The Morgan fingerprint density at radius 2 is 1.87 bits per heavy atom. The van der Waals surface area contributed by atoms with Crippen molar-refractivity contribution >= 4 is 32.4 Å². The fraction of sp³-hybridized carbons (Fsp3) is 0. The molecule has 0 aliphatic heterocycles.